The zero-order valence-corrected chi connectivity index (χ0v) is 12.9. The molecule has 1 unspecified atom stereocenters. The van der Waals surface area contributed by atoms with Crippen molar-refractivity contribution >= 4 is 0 Å². The van der Waals surface area contributed by atoms with Gasteiger partial charge in [-0.1, -0.05) is 45.0 Å². The summed E-state index contributed by atoms with van der Waals surface area (Å²) in [5.41, 5.74) is 3.11. The Morgan fingerprint density at radius 2 is 1.89 bits per heavy atom. The van der Waals surface area contributed by atoms with E-state index >= 15 is 0 Å². The molecule has 0 bridgehead atoms. The Kier molecular flexibility index (Phi) is 4.64. The van der Waals surface area contributed by atoms with Crippen LogP contribution in [0.4, 0.5) is 0 Å². The molecule has 0 amide bonds. The fourth-order valence-electron chi connectivity index (χ4n) is 2.91. The predicted octanol–water partition coefficient (Wildman–Crippen LogP) is 3.17. The van der Waals surface area contributed by atoms with E-state index in [1.807, 2.05) is 0 Å². The smallest absolute Gasteiger partial charge is 0.0237 e. The van der Waals surface area contributed by atoms with Crippen LogP contribution >= 0.6 is 0 Å². The molecule has 1 N–H and O–H groups in total. The van der Waals surface area contributed by atoms with E-state index in [2.05, 4.69) is 62.3 Å². The molecule has 106 valence electrons. The highest BCUT2D eigenvalue weighted by Crippen LogP contribution is 2.24. The van der Waals surface area contributed by atoms with Crippen molar-refractivity contribution in [1.29, 1.82) is 0 Å². The number of hydrogen-bond acceptors (Lipinski definition) is 2. The molecule has 1 fully saturated rings. The lowest BCUT2D eigenvalue weighted by molar-refractivity contribution is 0.242. The summed E-state index contributed by atoms with van der Waals surface area (Å²) in [5.74, 6) is 0. The third-order valence-corrected chi connectivity index (χ3v) is 4.14. The van der Waals surface area contributed by atoms with E-state index in [-0.39, 0.29) is 5.41 Å². The molecule has 2 nitrogen and oxygen atoms in total. The van der Waals surface area contributed by atoms with Crippen molar-refractivity contribution in [3.05, 3.63) is 35.4 Å². The highest BCUT2D eigenvalue weighted by molar-refractivity contribution is 5.27. The number of hydrogen-bond donors (Lipinski definition) is 1. The summed E-state index contributed by atoms with van der Waals surface area (Å²) in [7, 11) is 2.05. The maximum Gasteiger partial charge on any atom is 0.0237 e. The molecule has 0 spiro atoms. The number of nitrogens with zero attached hydrogens (tertiary/aromatic N) is 1. The van der Waals surface area contributed by atoms with Gasteiger partial charge in [0.25, 0.3) is 0 Å². The molecule has 2 rings (SSSR count). The Hall–Kier alpha value is -0.860. The van der Waals surface area contributed by atoms with Gasteiger partial charge in [0, 0.05) is 19.1 Å². The SMILES string of the molecule is CNCC1CCCN1Cc1ccc(C(C)(C)C)cc1. The average Bonchev–Trinajstić information content (AvgIpc) is 2.77. The van der Waals surface area contributed by atoms with E-state index in [4.69, 9.17) is 0 Å². The highest BCUT2D eigenvalue weighted by atomic mass is 15.2. The number of nitrogens with one attached hydrogen (secondary N) is 1. The second-order valence-corrected chi connectivity index (χ2v) is 6.77. The summed E-state index contributed by atoms with van der Waals surface area (Å²) in [5, 5.41) is 3.31. The standard InChI is InChI=1S/C17H28N2/c1-17(2,3)15-9-7-14(8-10-15)13-19-11-5-6-16(19)12-18-4/h7-10,16,18H,5-6,11-13H2,1-4H3. The van der Waals surface area contributed by atoms with Crippen molar-refractivity contribution in [2.75, 3.05) is 20.1 Å². The first-order valence-electron chi connectivity index (χ1n) is 7.49. The van der Waals surface area contributed by atoms with Gasteiger partial charge in [-0.2, -0.15) is 0 Å². The second-order valence-electron chi connectivity index (χ2n) is 6.77. The topological polar surface area (TPSA) is 15.3 Å². The van der Waals surface area contributed by atoms with Crippen LogP contribution in [0.25, 0.3) is 0 Å². The average molecular weight is 260 g/mol. The van der Waals surface area contributed by atoms with Crippen molar-refractivity contribution in [2.24, 2.45) is 0 Å². The predicted molar refractivity (Wildman–Crippen MR) is 82.5 cm³/mol. The largest absolute Gasteiger partial charge is 0.318 e. The van der Waals surface area contributed by atoms with Crippen molar-refractivity contribution in [2.45, 2.75) is 51.6 Å². The van der Waals surface area contributed by atoms with E-state index in [1.54, 1.807) is 0 Å². The number of benzene rings is 1. The lowest BCUT2D eigenvalue weighted by Gasteiger charge is -2.25. The van der Waals surface area contributed by atoms with E-state index in [0.29, 0.717) is 6.04 Å². The van der Waals surface area contributed by atoms with Crippen molar-refractivity contribution in [3.8, 4) is 0 Å². The normalized spacial score (nSPS) is 20.9. The van der Waals surface area contributed by atoms with Gasteiger partial charge < -0.3 is 5.32 Å². The summed E-state index contributed by atoms with van der Waals surface area (Å²) in [6, 6.07) is 9.90. The lowest BCUT2D eigenvalue weighted by atomic mass is 9.87. The highest BCUT2D eigenvalue weighted by Gasteiger charge is 2.23. The minimum atomic E-state index is 0.251. The number of rotatable bonds is 4. The monoisotopic (exact) mass is 260 g/mol. The molecule has 1 heterocycles. The number of likely N-dealkylation sites (tertiary alicyclic amines) is 1. The van der Waals surface area contributed by atoms with Crippen molar-refractivity contribution in [1.82, 2.24) is 10.2 Å². The Balaban J connectivity index is 1.99. The Morgan fingerprint density at radius 1 is 1.21 bits per heavy atom. The first kappa shape index (κ1) is 14.5. The Labute approximate surface area is 118 Å². The van der Waals surface area contributed by atoms with Crippen LogP contribution in [-0.4, -0.2) is 31.1 Å². The fraction of sp³-hybridized carbons (Fsp3) is 0.647. The lowest BCUT2D eigenvalue weighted by Crippen LogP contribution is -2.36. The van der Waals surface area contributed by atoms with E-state index < -0.39 is 0 Å². The second kappa shape index (κ2) is 6.06. The van der Waals surface area contributed by atoms with Crippen LogP contribution in [0.5, 0.6) is 0 Å². The third-order valence-electron chi connectivity index (χ3n) is 4.14. The zero-order valence-electron chi connectivity index (χ0n) is 12.9. The molecule has 0 aliphatic carbocycles. The fourth-order valence-corrected chi connectivity index (χ4v) is 2.91. The molecular weight excluding hydrogens is 232 g/mol. The quantitative estimate of drug-likeness (QED) is 0.894. The van der Waals surface area contributed by atoms with Gasteiger partial charge in [-0.3, -0.25) is 4.90 Å². The molecular formula is C17H28N2. The maximum absolute atomic E-state index is 3.31. The Morgan fingerprint density at radius 3 is 2.47 bits per heavy atom. The summed E-state index contributed by atoms with van der Waals surface area (Å²) >= 11 is 0. The molecule has 0 aromatic heterocycles. The molecule has 1 aliphatic rings. The van der Waals surface area contributed by atoms with Crippen LogP contribution in [-0.2, 0) is 12.0 Å². The molecule has 1 aromatic carbocycles. The van der Waals surface area contributed by atoms with E-state index in [9.17, 15) is 0 Å². The molecule has 1 aliphatic heterocycles. The molecule has 1 saturated heterocycles. The van der Waals surface area contributed by atoms with Crippen LogP contribution < -0.4 is 5.32 Å². The molecule has 0 saturated carbocycles. The first-order chi connectivity index (χ1) is 9.00. The maximum atomic E-state index is 3.31. The van der Waals surface area contributed by atoms with E-state index in [0.717, 1.165) is 13.1 Å². The van der Waals surface area contributed by atoms with Gasteiger partial charge in [-0.15, -0.1) is 0 Å². The minimum absolute atomic E-state index is 0.251. The van der Waals surface area contributed by atoms with Gasteiger partial charge >= 0.3 is 0 Å². The molecule has 19 heavy (non-hydrogen) atoms. The van der Waals surface area contributed by atoms with Crippen LogP contribution in [0, 0.1) is 0 Å². The molecule has 1 atom stereocenters. The third kappa shape index (κ3) is 3.80. The van der Waals surface area contributed by atoms with Crippen LogP contribution in [0.15, 0.2) is 24.3 Å². The van der Waals surface area contributed by atoms with Gasteiger partial charge in [0.2, 0.25) is 0 Å². The summed E-state index contributed by atoms with van der Waals surface area (Å²) in [4.78, 5) is 2.61. The van der Waals surface area contributed by atoms with Crippen LogP contribution in [0.2, 0.25) is 0 Å². The van der Waals surface area contributed by atoms with Crippen LogP contribution in [0.1, 0.15) is 44.7 Å². The Bertz CT molecular complexity index is 389. The molecule has 1 aromatic rings. The van der Waals surface area contributed by atoms with Gasteiger partial charge in [0.1, 0.15) is 0 Å². The summed E-state index contributed by atoms with van der Waals surface area (Å²) in [6.07, 6.45) is 2.67. The van der Waals surface area contributed by atoms with Crippen molar-refractivity contribution in [3.63, 3.8) is 0 Å². The number of likely N-dealkylation sites (N-methyl/N-ethyl adjacent to an activating group) is 1. The summed E-state index contributed by atoms with van der Waals surface area (Å²) < 4.78 is 0. The van der Waals surface area contributed by atoms with Crippen LogP contribution in [0.3, 0.4) is 0 Å². The van der Waals surface area contributed by atoms with E-state index in [1.165, 1.54) is 30.5 Å². The minimum Gasteiger partial charge on any atom is -0.318 e. The zero-order chi connectivity index (χ0) is 13.9. The van der Waals surface area contributed by atoms with Gasteiger partial charge in [0.05, 0.1) is 0 Å². The molecule has 0 radical (unpaired) electrons. The first-order valence-corrected chi connectivity index (χ1v) is 7.49. The van der Waals surface area contributed by atoms with Gasteiger partial charge in [-0.25, -0.2) is 0 Å². The summed E-state index contributed by atoms with van der Waals surface area (Å²) in [6.45, 7) is 10.3. The van der Waals surface area contributed by atoms with Gasteiger partial charge in [0.15, 0.2) is 0 Å². The van der Waals surface area contributed by atoms with Crippen molar-refractivity contribution < 1.29 is 0 Å². The van der Waals surface area contributed by atoms with Gasteiger partial charge in [-0.05, 0) is 43.0 Å². The molecule has 2 heteroatoms.